The van der Waals surface area contributed by atoms with Gasteiger partial charge in [0.15, 0.2) is 32.4 Å². The third-order valence-electron chi connectivity index (χ3n) is 2.42. The maximum atomic E-state index is 11.4. The van der Waals surface area contributed by atoms with Crippen molar-refractivity contribution >= 4 is 32.7 Å². The number of halogens is 6. The van der Waals surface area contributed by atoms with E-state index in [1.54, 1.807) is 0 Å². The van der Waals surface area contributed by atoms with E-state index in [-0.39, 0.29) is 0 Å². The second kappa shape index (κ2) is 9.23. The molecular formula is C11H14F6N2O4S3. The molecule has 15 heteroatoms. The highest BCUT2D eigenvalue weighted by Gasteiger charge is 2.46. The van der Waals surface area contributed by atoms with Crippen LogP contribution in [0.3, 0.4) is 0 Å². The van der Waals surface area contributed by atoms with Gasteiger partial charge in [0.25, 0.3) is 0 Å². The molecule has 0 aliphatic carbocycles. The summed E-state index contributed by atoms with van der Waals surface area (Å²) in [5, 5.41) is 0. The first kappa shape index (κ1) is 24.9. The van der Waals surface area contributed by atoms with Crippen molar-refractivity contribution in [2.24, 2.45) is 0 Å². The molecule has 0 N–H and O–H groups in total. The van der Waals surface area contributed by atoms with Crippen LogP contribution in [0.25, 0.3) is 4.13 Å². The zero-order valence-electron chi connectivity index (χ0n) is 13.0. The topological polar surface area (TPSA) is 86.3 Å². The number of aromatic nitrogens is 1. The third-order valence-corrected chi connectivity index (χ3v) is 5.46. The summed E-state index contributed by atoms with van der Waals surface area (Å²) < 4.78 is 111. The van der Waals surface area contributed by atoms with Gasteiger partial charge in [-0.2, -0.15) is 26.3 Å². The van der Waals surface area contributed by atoms with E-state index in [2.05, 4.69) is 36.5 Å². The third kappa shape index (κ3) is 8.09. The average Bonchev–Trinajstić information content (AvgIpc) is 2.44. The Labute approximate surface area is 151 Å². The first-order valence-corrected chi connectivity index (χ1v) is 9.91. The smallest absolute Gasteiger partial charge is 0.421 e. The van der Waals surface area contributed by atoms with Gasteiger partial charge in [-0.05, 0) is 0 Å². The molecule has 0 amide bonds. The highest BCUT2D eigenvalue weighted by atomic mass is 32.3. The summed E-state index contributed by atoms with van der Waals surface area (Å²) in [6.45, 7) is 3.32. The van der Waals surface area contributed by atoms with Crippen LogP contribution in [0.15, 0.2) is 29.4 Å². The quantitative estimate of drug-likeness (QED) is 0.426. The predicted molar refractivity (Wildman–Crippen MR) is 82.1 cm³/mol. The Bertz CT molecular complexity index is 732. The number of pyridine rings is 1. The zero-order valence-corrected chi connectivity index (χ0v) is 15.5. The number of unbranched alkanes of at least 4 members (excludes halogenated alkanes) is 1. The molecule has 1 heterocycles. The van der Waals surface area contributed by atoms with Gasteiger partial charge in [-0.25, -0.2) is 21.4 Å². The lowest BCUT2D eigenvalue weighted by atomic mass is 10.3. The molecule has 0 spiro atoms. The molecule has 0 unspecified atom stereocenters. The Morgan fingerprint density at radius 2 is 1.35 bits per heavy atom. The number of rotatable bonds is 5. The van der Waals surface area contributed by atoms with E-state index in [0.717, 1.165) is 15.6 Å². The standard InChI is InChI=1S/C9H13NS.C2F6NO4S2/c1-2-3-6-10-7-4-9(11)5-8-10;3-1(4,5)14(10,11)9-15(12,13)2(6,7)8/h4-5,7-8H,2-3,6H2,1H3;/q;-1/p+1. The van der Waals surface area contributed by atoms with Gasteiger partial charge in [-0.3, -0.25) is 0 Å². The molecule has 26 heavy (non-hydrogen) atoms. The molecule has 0 aliphatic heterocycles. The lowest BCUT2D eigenvalue weighted by Gasteiger charge is -2.22. The molecule has 1 aromatic heterocycles. The van der Waals surface area contributed by atoms with Crippen molar-refractivity contribution < 1.29 is 47.7 Å². The Balaban J connectivity index is 0.000000502. The highest BCUT2D eigenvalue weighted by Crippen LogP contribution is 2.36. The summed E-state index contributed by atoms with van der Waals surface area (Å²) in [6.07, 6.45) is 6.63. The van der Waals surface area contributed by atoms with Crippen molar-refractivity contribution in [1.29, 1.82) is 0 Å². The van der Waals surface area contributed by atoms with E-state index >= 15 is 0 Å². The van der Waals surface area contributed by atoms with Gasteiger partial charge in [0.2, 0.25) is 0 Å². The minimum atomic E-state index is -6.72. The zero-order chi connectivity index (χ0) is 20.8. The van der Waals surface area contributed by atoms with E-state index in [1.165, 1.54) is 12.8 Å². The summed E-state index contributed by atoms with van der Waals surface area (Å²) in [7, 11) is -13.4. The van der Waals surface area contributed by atoms with Crippen LogP contribution in [0.2, 0.25) is 0 Å². The Morgan fingerprint density at radius 1 is 0.962 bits per heavy atom. The van der Waals surface area contributed by atoms with Crippen molar-refractivity contribution in [3.63, 3.8) is 0 Å². The monoisotopic (exact) mass is 448 g/mol. The van der Waals surface area contributed by atoms with E-state index < -0.39 is 31.1 Å². The van der Waals surface area contributed by atoms with Crippen LogP contribution in [-0.4, -0.2) is 27.9 Å². The Kier molecular flexibility index (Phi) is 8.86. The molecule has 0 saturated heterocycles. The number of hydrogen-bond acceptors (Lipinski definition) is 5. The molecule has 0 fully saturated rings. The van der Waals surface area contributed by atoms with E-state index in [0.29, 0.717) is 0 Å². The van der Waals surface area contributed by atoms with Crippen LogP contribution in [0.1, 0.15) is 19.8 Å². The number of hydrogen-bond donors (Lipinski definition) is 1. The Morgan fingerprint density at radius 3 is 1.65 bits per heavy atom. The molecule has 0 bridgehead atoms. The van der Waals surface area contributed by atoms with Crippen molar-refractivity contribution in [2.45, 2.75) is 42.2 Å². The van der Waals surface area contributed by atoms with Crippen LogP contribution in [-0.2, 0) is 26.6 Å². The van der Waals surface area contributed by atoms with E-state index in [9.17, 15) is 43.2 Å². The fraction of sp³-hybridized carbons (Fsp3) is 0.545. The second-order valence-corrected chi connectivity index (χ2v) is 8.50. The summed E-state index contributed by atoms with van der Waals surface area (Å²) in [5.41, 5.74) is -12.4. The predicted octanol–water partition coefficient (Wildman–Crippen LogP) is 3.12. The number of alkyl halides is 6. The largest absolute Gasteiger partial charge is 0.480 e. The van der Waals surface area contributed by atoms with Crippen LogP contribution < -0.4 is 4.57 Å². The summed E-state index contributed by atoms with van der Waals surface area (Å²) in [6, 6.07) is 4.03. The van der Waals surface area contributed by atoms with Crippen LogP contribution in [0, 0.1) is 0 Å². The number of aryl methyl sites for hydroxylation is 1. The van der Waals surface area contributed by atoms with Crippen molar-refractivity contribution in [2.75, 3.05) is 0 Å². The SMILES string of the molecule is CCCC[n+]1ccc(S)cc1.O=S(=O)([N-]S(=O)(=O)C(F)(F)F)C(F)(F)F. The molecule has 0 atom stereocenters. The van der Waals surface area contributed by atoms with Crippen LogP contribution in [0.4, 0.5) is 26.3 Å². The van der Waals surface area contributed by atoms with Crippen LogP contribution in [0.5, 0.6) is 0 Å². The van der Waals surface area contributed by atoms with E-state index in [1.807, 2.05) is 12.1 Å². The van der Waals surface area contributed by atoms with Crippen molar-refractivity contribution in [1.82, 2.24) is 0 Å². The summed E-state index contributed by atoms with van der Waals surface area (Å²) in [5.74, 6) is 0. The van der Waals surface area contributed by atoms with Gasteiger partial charge in [0, 0.05) is 23.4 Å². The van der Waals surface area contributed by atoms with Crippen molar-refractivity contribution in [3.05, 3.63) is 28.7 Å². The molecule has 1 aromatic rings. The summed E-state index contributed by atoms with van der Waals surface area (Å²) >= 11 is 4.21. The van der Waals surface area contributed by atoms with E-state index in [4.69, 9.17) is 0 Å². The molecule has 6 nitrogen and oxygen atoms in total. The molecule has 152 valence electrons. The minimum Gasteiger partial charge on any atom is -0.421 e. The average molecular weight is 448 g/mol. The molecule has 1 rings (SSSR count). The van der Waals surface area contributed by atoms with Gasteiger partial charge in [-0.1, -0.05) is 13.3 Å². The van der Waals surface area contributed by atoms with Gasteiger partial charge in [-0.15, -0.1) is 12.6 Å². The lowest BCUT2D eigenvalue weighted by molar-refractivity contribution is -0.697. The van der Waals surface area contributed by atoms with Gasteiger partial charge >= 0.3 is 11.0 Å². The number of nitrogens with zero attached hydrogens (tertiary/aromatic N) is 2. The first-order valence-electron chi connectivity index (χ1n) is 6.58. The normalized spacial score (nSPS) is 13.1. The second-order valence-electron chi connectivity index (χ2n) is 4.56. The Hall–Kier alpha value is -1.06. The summed E-state index contributed by atoms with van der Waals surface area (Å²) in [4.78, 5) is 1.03. The fourth-order valence-electron chi connectivity index (χ4n) is 1.15. The van der Waals surface area contributed by atoms with Gasteiger partial charge < -0.3 is 4.13 Å². The van der Waals surface area contributed by atoms with Gasteiger partial charge in [0.05, 0.1) is 0 Å². The number of thiol groups is 1. The fourth-order valence-corrected chi connectivity index (χ4v) is 3.00. The maximum Gasteiger partial charge on any atom is 0.480 e. The molecule has 0 aromatic carbocycles. The van der Waals surface area contributed by atoms with Crippen molar-refractivity contribution in [3.8, 4) is 0 Å². The highest BCUT2D eigenvalue weighted by molar-refractivity contribution is 8.13. The molecule has 0 saturated carbocycles. The molecule has 0 radical (unpaired) electrons. The lowest BCUT2D eigenvalue weighted by Crippen LogP contribution is -2.32. The first-order chi connectivity index (χ1) is 11.5. The number of sulfonamides is 2. The van der Waals surface area contributed by atoms with Crippen LogP contribution >= 0.6 is 12.6 Å². The maximum absolute atomic E-state index is 11.4. The molecular weight excluding hydrogens is 434 g/mol. The minimum absolute atomic E-state index is 0.778. The van der Waals surface area contributed by atoms with Gasteiger partial charge in [0.1, 0.15) is 6.54 Å². The molecule has 0 aliphatic rings.